The molecule has 0 spiro atoms. The number of hydrogen-bond donors (Lipinski definition) is 1. The van der Waals surface area contributed by atoms with Gasteiger partial charge in [0, 0.05) is 12.3 Å². The van der Waals surface area contributed by atoms with Gasteiger partial charge in [0.25, 0.3) is 0 Å². The van der Waals surface area contributed by atoms with E-state index >= 15 is 0 Å². The van der Waals surface area contributed by atoms with E-state index in [-0.39, 0.29) is 17.4 Å². The smallest absolute Gasteiger partial charge is 0.303 e. The Labute approximate surface area is 138 Å². The zero-order valence-electron chi connectivity index (χ0n) is 13.3. The van der Waals surface area contributed by atoms with Gasteiger partial charge in [0.05, 0.1) is 17.1 Å². The number of halogens is 1. The Hall–Kier alpha value is -0.800. The number of aliphatic carboxylic acids is 1. The van der Waals surface area contributed by atoms with Gasteiger partial charge in [-0.2, -0.15) is 0 Å². The molecule has 22 heavy (non-hydrogen) atoms. The summed E-state index contributed by atoms with van der Waals surface area (Å²) in [6, 6.07) is 0. The molecule has 0 amide bonds. The summed E-state index contributed by atoms with van der Waals surface area (Å²) >= 11 is 6.83. The van der Waals surface area contributed by atoms with Gasteiger partial charge in [0.2, 0.25) is 0 Å². The number of alkyl halides is 1. The van der Waals surface area contributed by atoms with Crippen LogP contribution >= 0.6 is 11.6 Å². The number of fused-ring (bicyclic) bond motifs is 2. The Morgan fingerprint density at radius 2 is 2.14 bits per heavy atom. The second kappa shape index (κ2) is 8.16. The van der Waals surface area contributed by atoms with Gasteiger partial charge in [0.1, 0.15) is 0 Å². The molecule has 124 valence electrons. The van der Waals surface area contributed by atoms with Crippen LogP contribution in [0.3, 0.4) is 0 Å². The average molecular weight is 327 g/mol. The van der Waals surface area contributed by atoms with Crippen LogP contribution in [0.15, 0.2) is 24.3 Å². The van der Waals surface area contributed by atoms with Crippen LogP contribution in [0.5, 0.6) is 0 Å². The minimum Gasteiger partial charge on any atom is -0.481 e. The molecular weight excluding hydrogens is 300 g/mol. The molecule has 1 aliphatic carbocycles. The summed E-state index contributed by atoms with van der Waals surface area (Å²) < 4.78 is 6.02. The highest BCUT2D eigenvalue weighted by Crippen LogP contribution is 2.53. The molecule has 2 aliphatic rings. The number of carboxylic acids is 1. The fourth-order valence-electron chi connectivity index (χ4n) is 3.65. The molecule has 0 aromatic rings. The minimum atomic E-state index is -0.710. The molecular formula is C18H27ClO3. The largest absolute Gasteiger partial charge is 0.481 e. The molecule has 0 aromatic carbocycles. The Balaban J connectivity index is 1.68. The summed E-state index contributed by atoms with van der Waals surface area (Å²) in [6.07, 6.45) is 16.1. The summed E-state index contributed by atoms with van der Waals surface area (Å²) in [5.74, 6) is -0.251. The molecule has 1 saturated heterocycles. The van der Waals surface area contributed by atoms with Crippen molar-refractivity contribution in [1.82, 2.24) is 0 Å². The highest BCUT2D eigenvalue weighted by Gasteiger charge is 2.57. The van der Waals surface area contributed by atoms with Crippen molar-refractivity contribution in [2.75, 3.05) is 0 Å². The van der Waals surface area contributed by atoms with Crippen LogP contribution in [-0.4, -0.2) is 28.2 Å². The highest BCUT2D eigenvalue weighted by atomic mass is 35.5. The van der Waals surface area contributed by atoms with E-state index in [4.69, 9.17) is 21.4 Å². The van der Waals surface area contributed by atoms with Crippen molar-refractivity contribution in [3.8, 4) is 0 Å². The molecule has 1 aliphatic heterocycles. The first-order valence-electron chi connectivity index (χ1n) is 8.46. The SMILES string of the molecule is CC[C@H]1OC2CCC1[C@]2(Cl)/C=C\C/C=C/CCCCC(=O)O. The van der Waals surface area contributed by atoms with E-state index in [0.29, 0.717) is 12.0 Å². The van der Waals surface area contributed by atoms with Crippen LogP contribution in [0, 0.1) is 5.92 Å². The van der Waals surface area contributed by atoms with Crippen LogP contribution in [0.1, 0.15) is 58.3 Å². The maximum atomic E-state index is 10.4. The van der Waals surface area contributed by atoms with Crippen LogP contribution < -0.4 is 0 Å². The predicted molar refractivity (Wildman–Crippen MR) is 89.3 cm³/mol. The molecule has 2 unspecified atom stereocenters. The normalized spacial score (nSPS) is 34.2. The molecule has 0 radical (unpaired) electrons. The number of rotatable bonds is 9. The number of hydrogen-bond acceptors (Lipinski definition) is 2. The van der Waals surface area contributed by atoms with E-state index in [0.717, 1.165) is 38.5 Å². The molecule has 4 atom stereocenters. The summed E-state index contributed by atoms with van der Waals surface area (Å²) in [6.45, 7) is 2.17. The van der Waals surface area contributed by atoms with Crippen LogP contribution in [-0.2, 0) is 9.53 Å². The quantitative estimate of drug-likeness (QED) is 0.379. The third-order valence-electron chi connectivity index (χ3n) is 4.82. The number of carboxylic acid groups (broad SMARTS) is 1. The van der Waals surface area contributed by atoms with Gasteiger partial charge >= 0.3 is 5.97 Å². The van der Waals surface area contributed by atoms with Gasteiger partial charge in [-0.1, -0.05) is 31.2 Å². The van der Waals surface area contributed by atoms with E-state index in [9.17, 15) is 4.79 Å². The van der Waals surface area contributed by atoms with E-state index < -0.39 is 5.97 Å². The second-order valence-electron chi connectivity index (χ2n) is 6.33. The molecule has 1 heterocycles. The summed E-state index contributed by atoms with van der Waals surface area (Å²) in [4.78, 5) is 10.1. The van der Waals surface area contributed by atoms with E-state index in [1.165, 1.54) is 6.42 Å². The zero-order chi connectivity index (χ0) is 16.0. The fourth-order valence-corrected chi connectivity index (χ4v) is 4.15. The van der Waals surface area contributed by atoms with Gasteiger partial charge in [-0.15, -0.1) is 11.6 Å². The van der Waals surface area contributed by atoms with Crippen molar-refractivity contribution in [3.05, 3.63) is 24.3 Å². The standard InChI is InChI=1S/C18H27ClO3/c1-2-15-14-11-12-16(22-15)18(14,19)13-9-7-5-3-4-6-8-10-17(20)21/h3,5,9,13-16H,2,4,6-8,10-12H2,1H3,(H,20,21)/b5-3+,13-9-/t14?,15-,16?,18-/m1/s1. The summed E-state index contributed by atoms with van der Waals surface area (Å²) in [7, 11) is 0. The molecule has 1 N–H and O–H groups in total. The Bertz CT molecular complexity index is 432. The Kier molecular flexibility index (Phi) is 6.51. The molecule has 2 rings (SSSR count). The van der Waals surface area contributed by atoms with Gasteiger partial charge in [-0.3, -0.25) is 4.79 Å². The Morgan fingerprint density at radius 3 is 2.82 bits per heavy atom. The van der Waals surface area contributed by atoms with Crippen LogP contribution in [0.2, 0.25) is 0 Å². The minimum absolute atomic E-state index is 0.181. The van der Waals surface area contributed by atoms with Gasteiger partial charge in [-0.25, -0.2) is 0 Å². The second-order valence-corrected chi connectivity index (χ2v) is 6.99. The number of allylic oxidation sites excluding steroid dienone is 3. The van der Waals surface area contributed by atoms with Crippen molar-refractivity contribution < 1.29 is 14.6 Å². The monoisotopic (exact) mass is 326 g/mol. The van der Waals surface area contributed by atoms with Crippen molar-refractivity contribution in [2.24, 2.45) is 5.92 Å². The average Bonchev–Trinajstić information content (AvgIpc) is 2.95. The first-order valence-corrected chi connectivity index (χ1v) is 8.84. The van der Waals surface area contributed by atoms with E-state index in [2.05, 4.69) is 31.2 Å². The van der Waals surface area contributed by atoms with Crippen molar-refractivity contribution in [1.29, 1.82) is 0 Å². The lowest BCUT2D eigenvalue weighted by molar-refractivity contribution is -0.137. The third-order valence-corrected chi connectivity index (χ3v) is 5.47. The van der Waals surface area contributed by atoms with Crippen molar-refractivity contribution in [3.63, 3.8) is 0 Å². The molecule has 2 bridgehead atoms. The summed E-state index contributed by atoms with van der Waals surface area (Å²) in [5, 5.41) is 8.55. The third kappa shape index (κ3) is 4.14. The maximum Gasteiger partial charge on any atom is 0.303 e. The predicted octanol–water partition coefficient (Wildman–Crippen LogP) is 4.70. The zero-order valence-corrected chi connectivity index (χ0v) is 14.1. The molecule has 3 nitrogen and oxygen atoms in total. The topological polar surface area (TPSA) is 46.5 Å². The summed E-state index contributed by atoms with van der Waals surface area (Å²) in [5.41, 5.74) is 0. The lowest BCUT2D eigenvalue weighted by Crippen LogP contribution is -2.29. The van der Waals surface area contributed by atoms with E-state index in [1.54, 1.807) is 0 Å². The first kappa shape index (κ1) is 17.6. The number of unbranched alkanes of at least 4 members (excludes halogenated alkanes) is 2. The number of carbonyl (C=O) groups is 1. The molecule has 0 aromatic heterocycles. The lowest BCUT2D eigenvalue weighted by Gasteiger charge is -2.22. The van der Waals surface area contributed by atoms with Crippen molar-refractivity contribution >= 4 is 17.6 Å². The van der Waals surface area contributed by atoms with Crippen LogP contribution in [0.4, 0.5) is 0 Å². The van der Waals surface area contributed by atoms with E-state index in [1.807, 2.05) is 0 Å². The highest BCUT2D eigenvalue weighted by molar-refractivity contribution is 6.26. The maximum absolute atomic E-state index is 10.4. The Morgan fingerprint density at radius 1 is 1.32 bits per heavy atom. The molecule has 1 saturated carbocycles. The fraction of sp³-hybridized carbons (Fsp3) is 0.722. The number of ether oxygens (including phenoxy) is 1. The molecule has 4 heteroatoms. The van der Waals surface area contributed by atoms with Gasteiger partial charge in [0.15, 0.2) is 0 Å². The lowest BCUT2D eigenvalue weighted by atomic mass is 9.90. The molecule has 2 fully saturated rings. The van der Waals surface area contributed by atoms with Crippen molar-refractivity contribution in [2.45, 2.75) is 75.4 Å². The van der Waals surface area contributed by atoms with Gasteiger partial charge < -0.3 is 9.84 Å². The van der Waals surface area contributed by atoms with Crippen LogP contribution in [0.25, 0.3) is 0 Å². The van der Waals surface area contributed by atoms with Gasteiger partial charge in [-0.05, 0) is 44.9 Å². The first-order chi connectivity index (χ1) is 10.6.